The molecule has 4 unspecified atom stereocenters. The van der Waals surface area contributed by atoms with E-state index < -0.39 is 99.3 Å². The van der Waals surface area contributed by atoms with Gasteiger partial charge in [-0.05, 0) is 19.3 Å². The van der Waals surface area contributed by atoms with Crippen molar-refractivity contribution in [1.29, 1.82) is 0 Å². The maximum absolute atomic E-state index is 13.0. The average Bonchev–Trinajstić information content (AvgIpc) is 3.31. The Balaban J connectivity index is 1.84. The van der Waals surface area contributed by atoms with Crippen LogP contribution in [0.5, 0.6) is 0 Å². The Morgan fingerprint density at radius 1 is 0.515 bits per heavy atom. The molecule has 0 aromatic rings. The molecule has 386 valence electrons. The number of unbranched alkanes of at least 4 members (excludes halogenated alkanes) is 25. The number of carbonyl (C=O) groups excluding carboxylic acids is 2. The number of carbonyl (C=O) groups is 2. The minimum Gasteiger partial charge on any atom is -0.458 e. The summed E-state index contributed by atoms with van der Waals surface area (Å²) >= 11 is 0. The van der Waals surface area contributed by atoms with Gasteiger partial charge in [0.15, 0.2) is 18.7 Å². The fourth-order valence-corrected chi connectivity index (χ4v) is 8.25. The Labute approximate surface area is 396 Å². The molecule has 2 aliphatic rings. The van der Waals surface area contributed by atoms with Crippen molar-refractivity contribution >= 4 is 11.9 Å². The Kier molecular flexibility index (Phi) is 35.3. The number of esters is 2. The third-order valence-electron chi connectivity index (χ3n) is 12.5. The van der Waals surface area contributed by atoms with Crippen LogP contribution in [0.25, 0.3) is 0 Å². The average molecular weight is 945 g/mol. The molecule has 2 heterocycles. The number of aliphatic hydroxyl groups is 7. The lowest BCUT2D eigenvalue weighted by Gasteiger charge is -2.42. The highest BCUT2D eigenvalue weighted by atomic mass is 16.7. The molecule has 0 aromatic carbocycles. The monoisotopic (exact) mass is 945 g/mol. The van der Waals surface area contributed by atoms with E-state index in [1.165, 1.54) is 141 Å². The molecule has 2 rings (SSSR count). The van der Waals surface area contributed by atoms with Crippen LogP contribution in [0.2, 0.25) is 0 Å². The summed E-state index contributed by atoms with van der Waals surface area (Å²) < 4.78 is 33.4. The first-order valence-electron chi connectivity index (χ1n) is 26.0. The van der Waals surface area contributed by atoms with Crippen LogP contribution in [0, 0.1) is 0 Å². The Morgan fingerprint density at radius 3 is 1.45 bits per heavy atom. The Morgan fingerprint density at radius 2 is 0.955 bits per heavy atom. The van der Waals surface area contributed by atoms with Gasteiger partial charge < -0.3 is 64.2 Å². The van der Waals surface area contributed by atoms with Gasteiger partial charge in [0.1, 0.15) is 55.4 Å². The van der Waals surface area contributed by atoms with Gasteiger partial charge in [0.05, 0.1) is 19.8 Å². The zero-order valence-corrected chi connectivity index (χ0v) is 40.7. The molecule has 2 aliphatic heterocycles. The van der Waals surface area contributed by atoms with Gasteiger partial charge in [-0.15, -0.1) is 0 Å². The molecule has 0 saturated carbocycles. The van der Waals surface area contributed by atoms with Crippen LogP contribution in [0.4, 0.5) is 0 Å². The lowest BCUT2D eigenvalue weighted by Crippen LogP contribution is -2.61. The van der Waals surface area contributed by atoms with Crippen LogP contribution < -0.4 is 0 Å². The van der Waals surface area contributed by atoms with Crippen molar-refractivity contribution in [2.24, 2.45) is 0 Å². The molecule has 0 amide bonds. The van der Waals surface area contributed by atoms with E-state index in [1.54, 1.807) is 12.2 Å². The predicted octanol–water partition coefficient (Wildman–Crippen LogP) is 7.16. The zero-order chi connectivity index (χ0) is 48.2. The molecule has 2 fully saturated rings. The van der Waals surface area contributed by atoms with Crippen molar-refractivity contribution in [3.8, 4) is 0 Å². The first-order valence-corrected chi connectivity index (χ1v) is 26.0. The SMILES string of the molecule is CCCCCCCCCCCCC/C=C/C=C/C(=O)OC[C@H](CO[C@@H]1O[C@H](CO[C@@H]2O[C@H](CO)[C@H](O)C(O)C2O)[C@H](O)C(O)C1O)OC(=O)CCCCCCCCCCCCCCCCC. The van der Waals surface area contributed by atoms with Crippen molar-refractivity contribution < 1.29 is 73.8 Å². The summed E-state index contributed by atoms with van der Waals surface area (Å²) in [4.78, 5) is 25.6. The van der Waals surface area contributed by atoms with Crippen molar-refractivity contribution in [1.82, 2.24) is 0 Å². The van der Waals surface area contributed by atoms with E-state index in [4.69, 9.17) is 28.4 Å². The van der Waals surface area contributed by atoms with Gasteiger partial charge >= 0.3 is 11.9 Å². The van der Waals surface area contributed by atoms with Crippen LogP contribution >= 0.6 is 0 Å². The third-order valence-corrected chi connectivity index (χ3v) is 12.5. The van der Waals surface area contributed by atoms with Crippen LogP contribution in [0.3, 0.4) is 0 Å². The smallest absolute Gasteiger partial charge is 0.330 e. The minimum absolute atomic E-state index is 0.150. The van der Waals surface area contributed by atoms with E-state index in [1.807, 2.05) is 6.08 Å². The molecular weight excluding hydrogens is 853 g/mol. The predicted molar refractivity (Wildman–Crippen MR) is 252 cm³/mol. The van der Waals surface area contributed by atoms with Crippen LogP contribution in [0.15, 0.2) is 24.3 Å². The van der Waals surface area contributed by atoms with Gasteiger partial charge in [0.2, 0.25) is 0 Å². The van der Waals surface area contributed by atoms with Crippen LogP contribution in [0.1, 0.15) is 194 Å². The summed E-state index contributed by atoms with van der Waals surface area (Å²) in [5, 5.41) is 72.0. The minimum atomic E-state index is -1.77. The third kappa shape index (κ3) is 26.7. The van der Waals surface area contributed by atoms with Gasteiger partial charge in [0.25, 0.3) is 0 Å². The van der Waals surface area contributed by atoms with Crippen molar-refractivity contribution in [2.75, 3.05) is 26.4 Å². The summed E-state index contributed by atoms with van der Waals surface area (Å²) in [6.07, 6.45) is 22.7. The van der Waals surface area contributed by atoms with E-state index >= 15 is 0 Å². The number of rotatable bonds is 40. The van der Waals surface area contributed by atoms with Crippen molar-refractivity contribution in [3.05, 3.63) is 24.3 Å². The highest BCUT2D eigenvalue weighted by Crippen LogP contribution is 2.26. The number of allylic oxidation sites excluding steroid dienone is 3. The molecule has 66 heavy (non-hydrogen) atoms. The second-order valence-corrected chi connectivity index (χ2v) is 18.4. The maximum atomic E-state index is 13.0. The van der Waals surface area contributed by atoms with Crippen LogP contribution in [-0.4, -0.2) is 142 Å². The molecular formula is C51H92O15. The summed E-state index contributed by atoms with van der Waals surface area (Å²) in [5.74, 6) is -1.17. The van der Waals surface area contributed by atoms with Crippen molar-refractivity contribution in [3.63, 3.8) is 0 Å². The second-order valence-electron chi connectivity index (χ2n) is 18.4. The van der Waals surface area contributed by atoms with E-state index in [9.17, 15) is 45.3 Å². The molecule has 0 aromatic heterocycles. The molecule has 15 nitrogen and oxygen atoms in total. The highest BCUT2D eigenvalue weighted by molar-refractivity contribution is 5.82. The zero-order valence-electron chi connectivity index (χ0n) is 40.7. The topological polar surface area (TPSA) is 231 Å². The first kappa shape index (κ1) is 60.1. The number of hydrogen-bond donors (Lipinski definition) is 7. The summed E-state index contributed by atoms with van der Waals surface area (Å²) in [6.45, 7) is 2.48. The van der Waals surface area contributed by atoms with E-state index in [-0.39, 0.29) is 13.0 Å². The standard InChI is InChI=1S/C51H92O15/c1-3-5-7-9-11-13-15-17-19-21-23-25-27-29-31-33-42(53)61-36-39(64-43(54)34-32-30-28-26-24-22-20-18-16-14-12-10-8-6-4-2)37-62-50-49(60)47(58)45(56)41(66-50)38-63-51-48(59)46(57)44(55)40(35-52)65-51/h27,29,31,33,39-41,44-52,55-60H,3-26,28,30,32,34-38H2,1-2H3/b29-27+,33-31+/t39-,40-,41-,44+,45+,46?,47?,48?,49?,50-,51-/m1/s1. The fraction of sp³-hybridized carbons (Fsp3) is 0.882. The molecule has 0 radical (unpaired) electrons. The van der Waals surface area contributed by atoms with E-state index in [2.05, 4.69) is 13.8 Å². The van der Waals surface area contributed by atoms with Gasteiger partial charge in [-0.2, -0.15) is 0 Å². The lowest BCUT2D eigenvalue weighted by molar-refractivity contribution is -0.332. The molecule has 15 heteroatoms. The van der Waals surface area contributed by atoms with E-state index in [0.717, 1.165) is 32.1 Å². The summed E-state index contributed by atoms with van der Waals surface area (Å²) in [6, 6.07) is 0. The van der Waals surface area contributed by atoms with Crippen molar-refractivity contribution in [2.45, 2.75) is 261 Å². The summed E-state index contributed by atoms with van der Waals surface area (Å²) in [5.41, 5.74) is 0. The molecule has 2 saturated heterocycles. The maximum Gasteiger partial charge on any atom is 0.330 e. The van der Waals surface area contributed by atoms with Gasteiger partial charge in [-0.3, -0.25) is 4.79 Å². The van der Waals surface area contributed by atoms with E-state index in [0.29, 0.717) is 6.42 Å². The summed E-state index contributed by atoms with van der Waals surface area (Å²) in [7, 11) is 0. The molecule has 0 aliphatic carbocycles. The first-order chi connectivity index (χ1) is 32.0. The number of hydrogen-bond acceptors (Lipinski definition) is 15. The Bertz CT molecular complexity index is 1250. The lowest BCUT2D eigenvalue weighted by atomic mass is 9.98. The number of ether oxygens (including phenoxy) is 6. The molecule has 0 bridgehead atoms. The van der Waals surface area contributed by atoms with Gasteiger partial charge in [0, 0.05) is 12.5 Å². The highest BCUT2D eigenvalue weighted by Gasteiger charge is 2.47. The largest absolute Gasteiger partial charge is 0.458 e. The fourth-order valence-electron chi connectivity index (χ4n) is 8.25. The normalized spacial score (nSPS) is 26.3. The van der Waals surface area contributed by atoms with Crippen LogP contribution in [-0.2, 0) is 38.0 Å². The quantitative estimate of drug-likeness (QED) is 0.0140. The molecule has 0 spiro atoms. The van der Waals surface area contributed by atoms with Gasteiger partial charge in [-0.25, -0.2) is 4.79 Å². The molecule has 11 atom stereocenters. The second kappa shape index (κ2) is 38.8. The van der Waals surface area contributed by atoms with Gasteiger partial charge in [-0.1, -0.05) is 186 Å². The number of aliphatic hydroxyl groups excluding tert-OH is 7. The Hall–Kier alpha value is -2.02. The molecule has 7 N–H and O–H groups in total.